The molecule has 0 aromatic heterocycles. The van der Waals surface area contributed by atoms with Crippen LogP contribution in [-0.4, -0.2) is 31.5 Å². The zero-order valence-electron chi connectivity index (χ0n) is 19.4. The van der Waals surface area contributed by atoms with Gasteiger partial charge in [-0.15, -0.1) is 0 Å². The fourth-order valence-corrected chi connectivity index (χ4v) is 3.81. The number of fused-ring (bicyclic) bond motifs is 1. The standard InChI is InChI=1S/C27H31F3O4/c1-2-32-16-8-4-7-11-25(27(28,29)30)34-26(31)23-13-12-22-18-24(15-14-21(22)17-23)33-19-20-9-5-3-6-10-20/h3,5-6,9-10,14-15,17-18,25H,2,4,7-8,11-13,16,19H2,1H3/t25-/m1/s1. The summed E-state index contributed by atoms with van der Waals surface area (Å²) < 4.78 is 56.2. The second-order valence-corrected chi connectivity index (χ2v) is 8.29. The molecule has 0 bridgehead atoms. The van der Waals surface area contributed by atoms with Crippen molar-refractivity contribution >= 4 is 12.0 Å². The predicted molar refractivity (Wildman–Crippen MR) is 124 cm³/mol. The van der Waals surface area contributed by atoms with Gasteiger partial charge in [0.05, 0.1) is 0 Å². The largest absolute Gasteiger partial charge is 0.489 e. The molecular weight excluding hydrogens is 445 g/mol. The molecule has 1 aliphatic rings. The monoisotopic (exact) mass is 476 g/mol. The van der Waals surface area contributed by atoms with Crippen LogP contribution in [0.5, 0.6) is 5.75 Å². The van der Waals surface area contributed by atoms with Crippen LogP contribution in [0.15, 0.2) is 54.1 Å². The van der Waals surface area contributed by atoms with Crippen LogP contribution >= 0.6 is 0 Å². The van der Waals surface area contributed by atoms with Gasteiger partial charge in [-0.25, -0.2) is 4.79 Å². The summed E-state index contributed by atoms with van der Waals surface area (Å²) in [7, 11) is 0. The number of aryl methyl sites for hydroxylation is 1. The summed E-state index contributed by atoms with van der Waals surface area (Å²) in [6.07, 6.45) is -2.85. The summed E-state index contributed by atoms with van der Waals surface area (Å²) in [6.45, 7) is 3.43. The Bertz CT molecular complexity index is 954. The molecule has 1 atom stereocenters. The Morgan fingerprint density at radius 3 is 2.56 bits per heavy atom. The molecule has 0 aliphatic heterocycles. The minimum absolute atomic E-state index is 0.243. The number of benzene rings is 2. The molecule has 0 radical (unpaired) electrons. The van der Waals surface area contributed by atoms with Gasteiger partial charge < -0.3 is 14.2 Å². The van der Waals surface area contributed by atoms with Crippen molar-refractivity contribution in [1.82, 2.24) is 0 Å². The first-order valence-electron chi connectivity index (χ1n) is 11.7. The first kappa shape index (κ1) is 25.8. The van der Waals surface area contributed by atoms with E-state index in [0.29, 0.717) is 57.7 Å². The molecule has 4 nitrogen and oxygen atoms in total. The smallest absolute Gasteiger partial charge is 0.425 e. The van der Waals surface area contributed by atoms with Crippen LogP contribution in [0.4, 0.5) is 13.2 Å². The molecule has 0 saturated heterocycles. The van der Waals surface area contributed by atoms with Crippen LogP contribution in [0.25, 0.3) is 6.08 Å². The summed E-state index contributed by atoms with van der Waals surface area (Å²) in [6, 6.07) is 15.3. The SMILES string of the molecule is CCOCCCCC[C@@H](OC(=O)C1=Cc2ccc(OCc3ccccc3)cc2CC1)C(F)(F)F. The lowest BCUT2D eigenvalue weighted by Gasteiger charge is -2.23. The highest BCUT2D eigenvalue weighted by molar-refractivity contribution is 5.94. The van der Waals surface area contributed by atoms with E-state index < -0.39 is 18.2 Å². The maximum absolute atomic E-state index is 13.4. The number of carbonyl (C=O) groups excluding carboxylic acids is 1. The van der Waals surface area contributed by atoms with Gasteiger partial charge in [-0.1, -0.05) is 42.8 Å². The third kappa shape index (κ3) is 7.90. The van der Waals surface area contributed by atoms with Crippen LogP contribution in [-0.2, 0) is 27.3 Å². The Balaban J connectivity index is 1.57. The maximum atomic E-state index is 13.4. The number of esters is 1. The number of hydrogen-bond donors (Lipinski definition) is 0. The van der Waals surface area contributed by atoms with Crippen molar-refractivity contribution in [3.63, 3.8) is 0 Å². The highest BCUT2D eigenvalue weighted by atomic mass is 19.4. The number of ether oxygens (including phenoxy) is 3. The van der Waals surface area contributed by atoms with Crippen LogP contribution in [0.3, 0.4) is 0 Å². The summed E-state index contributed by atoms with van der Waals surface area (Å²) in [5.41, 5.74) is 3.10. The van der Waals surface area contributed by atoms with Gasteiger partial charge in [0, 0.05) is 18.8 Å². The van der Waals surface area contributed by atoms with Crippen molar-refractivity contribution in [1.29, 1.82) is 0 Å². The van der Waals surface area contributed by atoms with Crippen LogP contribution in [0.2, 0.25) is 0 Å². The van der Waals surface area contributed by atoms with Gasteiger partial charge >= 0.3 is 12.1 Å². The van der Waals surface area contributed by atoms with Gasteiger partial charge in [0.1, 0.15) is 12.4 Å². The molecule has 184 valence electrons. The lowest BCUT2D eigenvalue weighted by atomic mass is 9.92. The normalized spacial score (nSPS) is 14.2. The first-order chi connectivity index (χ1) is 16.4. The molecule has 2 aromatic carbocycles. The highest BCUT2D eigenvalue weighted by Crippen LogP contribution is 2.31. The fraction of sp³-hybridized carbons (Fsp3) is 0.444. The predicted octanol–water partition coefficient (Wildman–Crippen LogP) is 6.67. The van der Waals surface area contributed by atoms with Crippen molar-refractivity contribution in [3.05, 3.63) is 70.8 Å². The van der Waals surface area contributed by atoms with E-state index in [2.05, 4.69) is 0 Å². The number of halogens is 3. The molecule has 0 spiro atoms. The average molecular weight is 477 g/mol. The average Bonchev–Trinajstić information content (AvgIpc) is 2.83. The van der Waals surface area contributed by atoms with Crippen LogP contribution in [0, 0.1) is 0 Å². The Kier molecular flexibility index (Phi) is 9.57. The number of unbranched alkanes of at least 4 members (excludes halogenated alkanes) is 2. The van der Waals surface area contributed by atoms with E-state index in [1.165, 1.54) is 0 Å². The van der Waals surface area contributed by atoms with E-state index in [1.807, 2.05) is 49.4 Å². The van der Waals surface area contributed by atoms with Gasteiger partial charge in [0.2, 0.25) is 0 Å². The number of rotatable bonds is 12. The molecule has 0 amide bonds. The van der Waals surface area contributed by atoms with Crippen LogP contribution in [0.1, 0.15) is 55.7 Å². The molecule has 0 N–H and O–H groups in total. The molecule has 0 saturated carbocycles. The minimum Gasteiger partial charge on any atom is -0.489 e. The Hall–Kier alpha value is -2.80. The molecule has 0 fully saturated rings. The topological polar surface area (TPSA) is 44.8 Å². The molecular formula is C27H31F3O4. The number of hydrogen-bond acceptors (Lipinski definition) is 4. The number of alkyl halides is 3. The quantitative estimate of drug-likeness (QED) is 0.254. The van der Waals surface area contributed by atoms with E-state index in [0.717, 1.165) is 16.7 Å². The molecule has 34 heavy (non-hydrogen) atoms. The Morgan fingerprint density at radius 1 is 1.03 bits per heavy atom. The second-order valence-electron chi connectivity index (χ2n) is 8.29. The van der Waals surface area contributed by atoms with Crippen molar-refractivity contribution in [2.24, 2.45) is 0 Å². The summed E-state index contributed by atoms with van der Waals surface area (Å²) >= 11 is 0. The molecule has 0 unspecified atom stereocenters. The van der Waals surface area contributed by atoms with Crippen molar-refractivity contribution < 1.29 is 32.2 Å². The lowest BCUT2D eigenvalue weighted by Crippen LogP contribution is -2.34. The van der Waals surface area contributed by atoms with E-state index in [4.69, 9.17) is 14.2 Å². The summed E-state index contributed by atoms with van der Waals surface area (Å²) in [4.78, 5) is 12.5. The Morgan fingerprint density at radius 2 is 1.82 bits per heavy atom. The maximum Gasteiger partial charge on any atom is 0.425 e. The van der Waals surface area contributed by atoms with Gasteiger partial charge in [-0.05, 0) is 73.9 Å². The lowest BCUT2D eigenvalue weighted by molar-refractivity contribution is -0.220. The van der Waals surface area contributed by atoms with Gasteiger partial charge in [0.25, 0.3) is 0 Å². The molecule has 3 rings (SSSR count). The van der Waals surface area contributed by atoms with Crippen molar-refractivity contribution in [2.45, 2.75) is 64.3 Å². The fourth-order valence-electron chi connectivity index (χ4n) is 3.81. The first-order valence-corrected chi connectivity index (χ1v) is 11.7. The zero-order valence-corrected chi connectivity index (χ0v) is 19.4. The zero-order chi connectivity index (χ0) is 24.4. The Labute approximate surface area is 198 Å². The van der Waals surface area contributed by atoms with Crippen molar-refractivity contribution in [2.75, 3.05) is 13.2 Å². The third-order valence-electron chi connectivity index (χ3n) is 5.69. The molecule has 7 heteroatoms. The van der Waals surface area contributed by atoms with E-state index in [1.54, 1.807) is 12.1 Å². The van der Waals surface area contributed by atoms with Crippen molar-refractivity contribution in [3.8, 4) is 5.75 Å². The molecule has 1 aliphatic carbocycles. The van der Waals surface area contributed by atoms with Gasteiger partial charge in [0.15, 0.2) is 6.10 Å². The van der Waals surface area contributed by atoms with Crippen LogP contribution < -0.4 is 4.74 Å². The second kappa shape index (κ2) is 12.6. The van der Waals surface area contributed by atoms with E-state index >= 15 is 0 Å². The van der Waals surface area contributed by atoms with E-state index in [9.17, 15) is 18.0 Å². The van der Waals surface area contributed by atoms with Gasteiger partial charge in [-0.2, -0.15) is 13.2 Å². The third-order valence-corrected chi connectivity index (χ3v) is 5.69. The number of carbonyl (C=O) groups is 1. The molecule has 0 heterocycles. The highest BCUT2D eigenvalue weighted by Gasteiger charge is 2.42. The summed E-state index contributed by atoms with van der Waals surface area (Å²) in [5, 5.41) is 0. The minimum atomic E-state index is -4.59. The molecule has 2 aromatic rings. The van der Waals surface area contributed by atoms with Gasteiger partial charge in [-0.3, -0.25) is 0 Å². The van der Waals surface area contributed by atoms with E-state index in [-0.39, 0.29) is 12.0 Å². The summed E-state index contributed by atoms with van der Waals surface area (Å²) in [5.74, 6) is -0.185.